The van der Waals surface area contributed by atoms with Gasteiger partial charge in [-0.05, 0) is 64.2 Å². The molecule has 0 bridgehead atoms. The summed E-state index contributed by atoms with van der Waals surface area (Å²) < 4.78 is 0. The Morgan fingerprint density at radius 1 is 1.24 bits per heavy atom. The number of likely N-dealkylation sites (tertiary alicyclic amines) is 1. The lowest BCUT2D eigenvalue weighted by molar-refractivity contribution is -0.116. The minimum Gasteiger partial charge on any atom is -0.338 e. The van der Waals surface area contributed by atoms with Gasteiger partial charge in [-0.15, -0.1) is 0 Å². The fourth-order valence-electron chi connectivity index (χ4n) is 3.89. The topological polar surface area (TPSA) is 64.7 Å². The Labute approximate surface area is 149 Å². The number of rotatable bonds is 4. The first kappa shape index (κ1) is 17.9. The zero-order valence-electron chi connectivity index (χ0n) is 15.2. The van der Waals surface area contributed by atoms with Gasteiger partial charge in [-0.1, -0.05) is 0 Å². The van der Waals surface area contributed by atoms with Crippen LogP contribution in [0.4, 0.5) is 5.69 Å². The summed E-state index contributed by atoms with van der Waals surface area (Å²) in [5, 5.41) is 6.28. The number of carbonyl (C=O) groups is 2. The first-order valence-corrected chi connectivity index (χ1v) is 9.02. The molecule has 2 heterocycles. The van der Waals surface area contributed by atoms with Crippen molar-refractivity contribution in [2.45, 2.75) is 19.3 Å². The molecule has 2 N–H and O–H groups in total. The summed E-state index contributed by atoms with van der Waals surface area (Å²) in [7, 11) is 3.71. The molecule has 2 aliphatic heterocycles. The molecule has 136 valence electrons. The van der Waals surface area contributed by atoms with Crippen LogP contribution < -0.4 is 10.6 Å². The molecule has 0 radical (unpaired) electrons. The van der Waals surface area contributed by atoms with Crippen LogP contribution in [-0.4, -0.2) is 68.4 Å². The highest BCUT2D eigenvalue weighted by atomic mass is 16.2. The quantitative estimate of drug-likeness (QED) is 0.867. The SMILES string of the molecule is CN(C)CC(=O)Nc1ccc(C(=O)N2CCC[C@@]3(CCNC3)C2)cc1. The Hall–Kier alpha value is -1.92. The van der Waals surface area contributed by atoms with Crippen LogP contribution in [-0.2, 0) is 4.79 Å². The minimum atomic E-state index is -0.0595. The number of hydrogen-bond donors (Lipinski definition) is 2. The van der Waals surface area contributed by atoms with E-state index in [0.717, 1.165) is 44.7 Å². The normalized spacial score (nSPS) is 23.2. The van der Waals surface area contributed by atoms with E-state index in [4.69, 9.17) is 0 Å². The van der Waals surface area contributed by atoms with Gasteiger partial charge < -0.3 is 20.4 Å². The van der Waals surface area contributed by atoms with E-state index in [1.807, 2.05) is 36.0 Å². The smallest absolute Gasteiger partial charge is 0.253 e. The van der Waals surface area contributed by atoms with E-state index in [1.54, 1.807) is 12.1 Å². The Kier molecular flexibility index (Phi) is 5.39. The van der Waals surface area contributed by atoms with Crippen molar-refractivity contribution in [3.05, 3.63) is 29.8 Å². The number of nitrogens with one attached hydrogen (secondary N) is 2. The molecule has 2 fully saturated rings. The molecule has 2 saturated heterocycles. The molecule has 25 heavy (non-hydrogen) atoms. The summed E-state index contributed by atoms with van der Waals surface area (Å²) in [5.74, 6) is 0.0351. The first-order chi connectivity index (χ1) is 12.0. The second kappa shape index (κ2) is 7.54. The van der Waals surface area contributed by atoms with Gasteiger partial charge in [0.15, 0.2) is 0 Å². The molecule has 1 spiro atoms. The number of piperidine rings is 1. The molecule has 0 aromatic heterocycles. The maximum absolute atomic E-state index is 12.8. The fourth-order valence-corrected chi connectivity index (χ4v) is 3.89. The van der Waals surface area contributed by atoms with Crippen molar-refractivity contribution >= 4 is 17.5 Å². The molecular formula is C19H28N4O2. The lowest BCUT2D eigenvalue weighted by Gasteiger charge is -2.40. The van der Waals surface area contributed by atoms with E-state index in [1.165, 1.54) is 6.42 Å². The molecule has 2 aliphatic rings. The van der Waals surface area contributed by atoms with Crippen LogP contribution in [0.1, 0.15) is 29.6 Å². The van der Waals surface area contributed by atoms with Crippen molar-refractivity contribution in [1.29, 1.82) is 0 Å². The number of anilines is 1. The van der Waals surface area contributed by atoms with E-state index < -0.39 is 0 Å². The van der Waals surface area contributed by atoms with Gasteiger partial charge in [0.25, 0.3) is 5.91 Å². The predicted octanol–water partition coefficient (Wildman–Crippen LogP) is 1.40. The lowest BCUT2D eigenvalue weighted by atomic mass is 9.79. The summed E-state index contributed by atoms with van der Waals surface area (Å²) in [4.78, 5) is 28.4. The second-order valence-electron chi connectivity index (χ2n) is 7.62. The van der Waals surface area contributed by atoms with Crippen molar-refractivity contribution in [3.8, 4) is 0 Å². The number of amides is 2. The van der Waals surface area contributed by atoms with E-state index in [2.05, 4.69) is 10.6 Å². The van der Waals surface area contributed by atoms with E-state index >= 15 is 0 Å². The van der Waals surface area contributed by atoms with Crippen LogP contribution in [0.5, 0.6) is 0 Å². The molecular weight excluding hydrogens is 316 g/mol. The van der Waals surface area contributed by atoms with Crippen molar-refractivity contribution in [2.24, 2.45) is 5.41 Å². The molecule has 3 rings (SSSR count). The Morgan fingerprint density at radius 3 is 2.64 bits per heavy atom. The first-order valence-electron chi connectivity index (χ1n) is 9.02. The van der Waals surface area contributed by atoms with Gasteiger partial charge in [-0.3, -0.25) is 9.59 Å². The molecule has 1 atom stereocenters. The van der Waals surface area contributed by atoms with Gasteiger partial charge >= 0.3 is 0 Å². The van der Waals surface area contributed by atoms with Gasteiger partial charge in [-0.25, -0.2) is 0 Å². The number of likely N-dealkylation sites (N-methyl/N-ethyl adjacent to an activating group) is 1. The van der Waals surface area contributed by atoms with Crippen LogP contribution in [0.15, 0.2) is 24.3 Å². The third-order valence-electron chi connectivity index (χ3n) is 5.16. The van der Waals surface area contributed by atoms with Crippen LogP contribution in [0.2, 0.25) is 0 Å². The van der Waals surface area contributed by atoms with Crippen molar-refractivity contribution in [2.75, 3.05) is 52.1 Å². The van der Waals surface area contributed by atoms with Gasteiger partial charge in [0.05, 0.1) is 6.54 Å². The molecule has 2 amide bonds. The average Bonchev–Trinajstić information content (AvgIpc) is 3.02. The van der Waals surface area contributed by atoms with Crippen LogP contribution in [0.25, 0.3) is 0 Å². The summed E-state index contributed by atoms with van der Waals surface area (Å²) in [6.45, 7) is 4.10. The van der Waals surface area contributed by atoms with E-state index in [0.29, 0.717) is 12.1 Å². The van der Waals surface area contributed by atoms with Gasteiger partial charge in [-0.2, -0.15) is 0 Å². The molecule has 1 aromatic rings. The zero-order valence-corrected chi connectivity index (χ0v) is 15.2. The maximum Gasteiger partial charge on any atom is 0.253 e. The van der Waals surface area contributed by atoms with E-state index in [9.17, 15) is 9.59 Å². The van der Waals surface area contributed by atoms with Gasteiger partial charge in [0, 0.05) is 36.3 Å². The minimum absolute atomic E-state index is 0.0595. The largest absolute Gasteiger partial charge is 0.338 e. The third-order valence-corrected chi connectivity index (χ3v) is 5.16. The highest BCUT2D eigenvalue weighted by molar-refractivity contribution is 5.96. The Balaban J connectivity index is 1.61. The Morgan fingerprint density at radius 2 is 2.00 bits per heavy atom. The molecule has 6 nitrogen and oxygen atoms in total. The summed E-state index contributed by atoms with van der Waals surface area (Å²) in [6.07, 6.45) is 3.44. The number of nitrogens with zero attached hydrogens (tertiary/aromatic N) is 2. The van der Waals surface area contributed by atoms with Crippen LogP contribution >= 0.6 is 0 Å². The number of carbonyl (C=O) groups excluding carboxylic acids is 2. The summed E-state index contributed by atoms with van der Waals surface area (Å²) in [6, 6.07) is 7.22. The van der Waals surface area contributed by atoms with Gasteiger partial charge in [0.2, 0.25) is 5.91 Å². The summed E-state index contributed by atoms with van der Waals surface area (Å²) in [5.41, 5.74) is 1.68. The van der Waals surface area contributed by atoms with Crippen molar-refractivity contribution in [3.63, 3.8) is 0 Å². The highest BCUT2D eigenvalue weighted by Crippen LogP contribution is 2.35. The number of benzene rings is 1. The maximum atomic E-state index is 12.8. The fraction of sp³-hybridized carbons (Fsp3) is 0.579. The molecule has 0 aliphatic carbocycles. The standard InChI is InChI=1S/C19H28N4O2/c1-22(2)12-17(24)21-16-6-4-15(5-7-16)18(25)23-11-3-8-19(14-23)9-10-20-13-19/h4-7,20H,3,8-14H2,1-2H3,(H,21,24)/t19-/m0/s1. The van der Waals surface area contributed by atoms with Crippen molar-refractivity contribution in [1.82, 2.24) is 15.1 Å². The zero-order chi connectivity index (χ0) is 17.9. The molecule has 6 heteroatoms. The lowest BCUT2D eigenvalue weighted by Crippen LogP contribution is -2.47. The second-order valence-corrected chi connectivity index (χ2v) is 7.62. The predicted molar refractivity (Wildman–Crippen MR) is 98.7 cm³/mol. The average molecular weight is 344 g/mol. The molecule has 0 saturated carbocycles. The van der Waals surface area contributed by atoms with Crippen LogP contribution in [0, 0.1) is 5.41 Å². The van der Waals surface area contributed by atoms with E-state index in [-0.39, 0.29) is 17.2 Å². The molecule has 0 unspecified atom stereocenters. The molecule has 1 aromatic carbocycles. The summed E-state index contributed by atoms with van der Waals surface area (Å²) >= 11 is 0. The van der Waals surface area contributed by atoms with Gasteiger partial charge in [0.1, 0.15) is 0 Å². The van der Waals surface area contributed by atoms with Crippen molar-refractivity contribution < 1.29 is 9.59 Å². The monoisotopic (exact) mass is 344 g/mol. The Bertz CT molecular complexity index is 621. The van der Waals surface area contributed by atoms with Crippen LogP contribution in [0.3, 0.4) is 0 Å². The highest BCUT2D eigenvalue weighted by Gasteiger charge is 2.39. The number of hydrogen-bond acceptors (Lipinski definition) is 4. The third kappa shape index (κ3) is 4.38.